The molecule has 0 N–H and O–H groups in total. The maximum Gasteiger partial charge on any atom is -0.00915 e. The molecular formula is C29H26. The van der Waals surface area contributed by atoms with Gasteiger partial charge >= 0.3 is 0 Å². The van der Waals surface area contributed by atoms with Crippen molar-refractivity contribution >= 4 is 5.57 Å². The van der Waals surface area contributed by atoms with Gasteiger partial charge < -0.3 is 0 Å². The van der Waals surface area contributed by atoms with Crippen LogP contribution in [0.1, 0.15) is 23.6 Å². The summed E-state index contributed by atoms with van der Waals surface area (Å²) < 4.78 is 0. The molecule has 0 amide bonds. The minimum absolute atomic E-state index is 0.945. The highest BCUT2D eigenvalue weighted by Gasteiger charge is 2.01. The molecule has 0 nitrogen and oxygen atoms in total. The highest BCUT2D eigenvalue weighted by molar-refractivity contribution is 5.70. The lowest BCUT2D eigenvalue weighted by Gasteiger charge is -2.07. The molecule has 0 saturated carbocycles. The third-order valence-electron chi connectivity index (χ3n) is 5.43. The highest BCUT2D eigenvalue weighted by atomic mass is 14.1. The summed E-state index contributed by atoms with van der Waals surface area (Å²) in [5.74, 6) is 0. The van der Waals surface area contributed by atoms with Crippen LogP contribution in [0, 0.1) is 6.92 Å². The van der Waals surface area contributed by atoms with Gasteiger partial charge in [-0.3, -0.25) is 0 Å². The summed E-state index contributed by atoms with van der Waals surface area (Å²) in [6.07, 6.45) is 3.26. The summed E-state index contributed by atoms with van der Waals surface area (Å²) in [4.78, 5) is 0. The molecule has 142 valence electrons. The van der Waals surface area contributed by atoms with Crippen molar-refractivity contribution in [3.05, 3.63) is 126 Å². The maximum atomic E-state index is 2.32. The first-order chi connectivity index (χ1) is 14.2. The topological polar surface area (TPSA) is 0 Å². The molecule has 0 aliphatic carbocycles. The van der Waals surface area contributed by atoms with Gasteiger partial charge in [-0.25, -0.2) is 0 Å². The Labute approximate surface area is 174 Å². The van der Waals surface area contributed by atoms with E-state index in [1.54, 1.807) is 0 Å². The molecular weight excluding hydrogens is 348 g/mol. The summed E-state index contributed by atoms with van der Waals surface area (Å²) in [6.45, 7) is 4.31. The van der Waals surface area contributed by atoms with Crippen molar-refractivity contribution in [1.82, 2.24) is 0 Å². The van der Waals surface area contributed by atoms with Crippen LogP contribution in [0.5, 0.6) is 0 Å². The molecule has 4 aromatic carbocycles. The third-order valence-corrected chi connectivity index (χ3v) is 5.43. The van der Waals surface area contributed by atoms with Gasteiger partial charge in [0, 0.05) is 0 Å². The second kappa shape index (κ2) is 8.75. The van der Waals surface area contributed by atoms with Crippen LogP contribution < -0.4 is 0 Å². The van der Waals surface area contributed by atoms with E-state index in [4.69, 9.17) is 0 Å². The molecule has 0 aromatic heterocycles. The van der Waals surface area contributed by atoms with Crippen molar-refractivity contribution in [2.24, 2.45) is 0 Å². The van der Waals surface area contributed by atoms with Crippen LogP contribution in [-0.2, 0) is 6.42 Å². The Hall–Kier alpha value is -3.38. The zero-order valence-electron chi connectivity index (χ0n) is 17.1. The number of allylic oxidation sites excluding steroid dienone is 2. The number of rotatable bonds is 5. The molecule has 0 unspecified atom stereocenters. The van der Waals surface area contributed by atoms with Gasteiger partial charge in [0.2, 0.25) is 0 Å². The molecule has 0 saturated heterocycles. The van der Waals surface area contributed by atoms with E-state index in [1.807, 2.05) is 0 Å². The second-order valence-electron chi connectivity index (χ2n) is 7.60. The Morgan fingerprint density at radius 2 is 1.07 bits per heavy atom. The van der Waals surface area contributed by atoms with Gasteiger partial charge in [0.05, 0.1) is 0 Å². The Balaban J connectivity index is 1.44. The smallest absolute Gasteiger partial charge is 0.00915 e. The largest absolute Gasteiger partial charge is 0.0766 e. The summed E-state index contributed by atoms with van der Waals surface area (Å²) in [5, 5.41) is 0. The van der Waals surface area contributed by atoms with E-state index >= 15 is 0 Å². The first-order valence-electron chi connectivity index (χ1n) is 10.2. The average molecular weight is 375 g/mol. The van der Waals surface area contributed by atoms with Crippen LogP contribution in [0.3, 0.4) is 0 Å². The molecule has 0 bridgehead atoms. The fourth-order valence-corrected chi connectivity index (χ4v) is 3.52. The molecule has 0 heteroatoms. The molecule has 0 aliphatic heterocycles. The number of hydrogen-bond acceptors (Lipinski definition) is 0. The highest BCUT2D eigenvalue weighted by Crippen LogP contribution is 2.24. The van der Waals surface area contributed by atoms with Crippen molar-refractivity contribution < 1.29 is 0 Å². The first kappa shape index (κ1) is 19.0. The van der Waals surface area contributed by atoms with E-state index in [2.05, 4.69) is 123 Å². The molecule has 0 heterocycles. The third kappa shape index (κ3) is 4.73. The molecule has 0 aliphatic rings. The standard InChI is InChI=1S/C29H26/c1-22-8-14-27(15-9-22)29-20-18-25(19-21-29)23(2)10-11-24-12-16-28(17-13-24)26-6-4-3-5-7-26/h3-10,12-21H,11H2,1-2H3/b23-10+. The lowest BCUT2D eigenvalue weighted by molar-refractivity contribution is 1.27. The Kier molecular flexibility index (Phi) is 5.72. The first-order valence-corrected chi connectivity index (χ1v) is 10.2. The van der Waals surface area contributed by atoms with Crippen LogP contribution in [0.4, 0.5) is 0 Å². The normalized spacial score (nSPS) is 11.4. The van der Waals surface area contributed by atoms with Crippen molar-refractivity contribution in [1.29, 1.82) is 0 Å². The van der Waals surface area contributed by atoms with Crippen molar-refractivity contribution in [3.8, 4) is 22.3 Å². The molecule has 29 heavy (non-hydrogen) atoms. The zero-order chi connectivity index (χ0) is 20.1. The second-order valence-corrected chi connectivity index (χ2v) is 7.60. The Bertz CT molecular complexity index is 1080. The van der Waals surface area contributed by atoms with Gasteiger partial charge in [-0.05, 0) is 59.2 Å². The monoisotopic (exact) mass is 374 g/mol. The van der Waals surface area contributed by atoms with E-state index < -0.39 is 0 Å². The van der Waals surface area contributed by atoms with Crippen molar-refractivity contribution in [2.75, 3.05) is 0 Å². The van der Waals surface area contributed by atoms with E-state index in [0.29, 0.717) is 0 Å². The van der Waals surface area contributed by atoms with Crippen LogP contribution in [0.2, 0.25) is 0 Å². The number of benzene rings is 4. The fraction of sp³-hybridized carbons (Fsp3) is 0.103. The minimum Gasteiger partial charge on any atom is -0.0766 e. The molecule has 0 radical (unpaired) electrons. The zero-order valence-corrected chi connectivity index (χ0v) is 17.1. The van der Waals surface area contributed by atoms with Crippen LogP contribution in [0.25, 0.3) is 27.8 Å². The molecule has 0 fully saturated rings. The quantitative estimate of drug-likeness (QED) is 0.332. The lowest BCUT2D eigenvalue weighted by Crippen LogP contribution is -1.86. The van der Waals surface area contributed by atoms with E-state index in [9.17, 15) is 0 Å². The van der Waals surface area contributed by atoms with Gasteiger partial charge in [0.15, 0.2) is 0 Å². The predicted octanol–water partition coefficient (Wildman–Crippen LogP) is 7.98. The van der Waals surface area contributed by atoms with Gasteiger partial charge in [-0.2, -0.15) is 0 Å². The fourth-order valence-electron chi connectivity index (χ4n) is 3.52. The van der Waals surface area contributed by atoms with Gasteiger partial charge in [0.25, 0.3) is 0 Å². The lowest BCUT2D eigenvalue weighted by atomic mass is 9.98. The SMILES string of the molecule is C/C(=C\Cc1ccc(-c2ccccc2)cc1)c1ccc(-c2ccc(C)cc2)cc1. The van der Waals surface area contributed by atoms with Gasteiger partial charge in [0.1, 0.15) is 0 Å². The summed E-state index contributed by atoms with van der Waals surface area (Å²) in [7, 11) is 0. The van der Waals surface area contributed by atoms with E-state index in [1.165, 1.54) is 44.5 Å². The Morgan fingerprint density at radius 3 is 1.66 bits per heavy atom. The number of hydrogen-bond donors (Lipinski definition) is 0. The molecule has 4 aromatic rings. The Morgan fingerprint density at radius 1 is 0.586 bits per heavy atom. The summed E-state index contributed by atoms with van der Waals surface area (Å²) >= 11 is 0. The minimum atomic E-state index is 0.945. The van der Waals surface area contributed by atoms with Crippen molar-refractivity contribution in [2.45, 2.75) is 20.3 Å². The van der Waals surface area contributed by atoms with E-state index in [-0.39, 0.29) is 0 Å². The molecule has 4 rings (SSSR count). The van der Waals surface area contributed by atoms with Crippen LogP contribution in [0.15, 0.2) is 109 Å². The molecule has 0 spiro atoms. The van der Waals surface area contributed by atoms with Gasteiger partial charge in [-0.1, -0.05) is 115 Å². The van der Waals surface area contributed by atoms with Crippen LogP contribution in [-0.4, -0.2) is 0 Å². The summed E-state index contributed by atoms with van der Waals surface area (Å²) in [5.41, 5.74) is 10.3. The summed E-state index contributed by atoms with van der Waals surface area (Å²) in [6, 6.07) is 37.0. The molecule has 0 atom stereocenters. The van der Waals surface area contributed by atoms with E-state index in [0.717, 1.165) is 6.42 Å². The van der Waals surface area contributed by atoms with Crippen molar-refractivity contribution in [3.63, 3.8) is 0 Å². The van der Waals surface area contributed by atoms with Crippen LogP contribution >= 0.6 is 0 Å². The number of aryl methyl sites for hydroxylation is 1. The average Bonchev–Trinajstić information content (AvgIpc) is 2.79. The predicted molar refractivity (Wildman–Crippen MR) is 126 cm³/mol. The van der Waals surface area contributed by atoms with Gasteiger partial charge in [-0.15, -0.1) is 0 Å². The maximum absolute atomic E-state index is 2.32.